The van der Waals surface area contributed by atoms with Gasteiger partial charge in [0.15, 0.2) is 5.17 Å². The third-order valence-electron chi connectivity index (χ3n) is 9.14. The predicted octanol–water partition coefficient (Wildman–Crippen LogP) is 3.97. The molecule has 5 aliphatic carbocycles. The second-order valence-corrected chi connectivity index (χ2v) is 13.0. The van der Waals surface area contributed by atoms with Crippen LogP contribution in [0.4, 0.5) is 5.69 Å². The van der Waals surface area contributed by atoms with Crippen LogP contribution >= 0.6 is 23.4 Å². The van der Waals surface area contributed by atoms with Gasteiger partial charge in [-0.3, -0.25) is 14.5 Å². The quantitative estimate of drug-likeness (QED) is 0.496. The van der Waals surface area contributed by atoms with E-state index in [0.717, 1.165) is 29.9 Å². The highest BCUT2D eigenvalue weighted by Gasteiger charge is 2.67. The number of nitrogens with one attached hydrogen (secondary N) is 1. The SMILES string of the molecule is NCCOCCNC(=O)C1CC(=O)N(C2CC34CC5CC(CC(C5)C23)C4)C(=Nc2ccc(Cl)cc2)S1. The summed E-state index contributed by atoms with van der Waals surface area (Å²) in [5.41, 5.74) is 6.63. The van der Waals surface area contributed by atoms with E-state index in [2.05, 4.69) is 5.32 Å². The molecular formula is C27H35ClN4O3S. The molecule has 5 unspecified atom stereocenters. The molecule has 5 saturated carbocycles. The summed E-state index contributed by atoms with van der Waals surface area (Å²) in [6.45, 7) is 1.72. The fraction of sp³-hybridized carbons (Fsp3) is 0.667. The van der Waals surface area contributed by atoms with Crippen LogP contribution in [-0.4, -0.2) is 59.5 Å². The van der Waals surface area contributed by atoms with Crippen molar-refractivity contribution in [3.63, 3.8) is 0 Å². The smallest absolute Gasteiger partial charge is 0.234 e. The number of amidine groups is 1. The van der Waals surface area contributed by atoms with Gasteiger partial charge in [-0.1, -0.05) is 23.4 Å². The van der Waals surface area contributed by atoms with Crippen LogP contribution in [0, 0.1) is 29.1 Å². The molecule has 0 aromatic heterocycles. The second kappa shape index (κ2) is 9.93. The number of carbonyl (C=O) groups excluding carboxylic acids is 2. The number of amides is 2. The maximum Gasteiger partial charge on any atom is 0.234 e. The van der Waals surface area contributed by atoms with Gasteiger partial charge in [-0.2, -0.15) is 0 Å². The summed E-state index contributed by atoms with van der Waals surface area (Å²) in [7, 11) is 0. The lowest BCUT2D eigenvalue weighted by Gasteiger charge is -2.71. The predicted molar refractivity (Wildman–Crippen MR) is 142 cm³/mol. The van der Waals surface area contributed by atoms with Crippen molar-refractivity contribution in [2.45, 2.75) is 56.2 Å². The van der Waals surface area contributed by atoms with Crippen LogP contribution in [0.15, 0.2) is 29.3 Å². The number of thioether (sulfide) groups is 1. The number of hydrogen-bond acceptors (Lipinski definition) is 6. The minimum atomic E-state index is -0.498. The zero-order valence-electron chi connectivity index (χ0n) is 20.5. The van der Waals surface area contributed by atoms with Crippen LogP contribution in [0.3, 0.4) is 0 Å². The van der Waals surface area contributed by atoms with E-state index < -0.39 is 5.25 Å². The van der Waals surface area contributed by atoms with Crippen LogP contribution in [0.1, 0.15) is 44.9 Å². The van der Waals surface area contributed by atoms with Gasteiger partial charge in [-0.15, -0.1) is 0 Å². The molecule has 2 amide bonds. The highest BCUT2D eigenvalue weighted by atomic mass is 35.5. The van der Waals surface area contributed by atoms with E-state index in [1.807, 2.05) is 29.2 Å². The topological polar surface area (TPSA) is 97.0 Å². The first kappa shape index (κ1) is 24.7. The van der Waals surface area contributed by atoms with Crippen molar-refractivity contribution < 1.29 is 14.3 Å². The van der Waals surface area contributed by atoms with Gasteiger partial charge >= 0.3 is 0 Å². The molecule has 9 heteroatoms. The summed E-state index contributed by atoms with van der Waals surface area (Å²) in [4.78, 5) is 33.5. The second-order valence-electron chi connectivity index (χ2n) is 11.4. The molecule has 1 heterocycles. The Kier molecular flexibility index (Phi) is 6.82. The average Bonchev–Trinajstić information content (AvgIpc) is 2.83. The Morgan fingerprint density at radius 3 is 2.61 bits per heavy atom. The standard InChI is InChI=1S/C27H35ClN4O3S/c28-19-1-3-20(4-2-19)31-26-32(23(33)12-22(36-26)25(34)30-6-8-35-7-5-29)21-15-27-13-16-9-17(14-27)11-18(10-16)24(21)27/h1-4,16-18,21-22,24H,5-15,29H2,(H,30,34). The van der Waals surface area contributed by atoms with Gasteiger partial charge in [-0.25, -0.2) is 4.99 Å². The molecular weight excluding hydrogens is 496 g/mol. The normalized spacial score (nSPS) is 37.7. The van der Waals surface area contributed by atoms with Crippen molar-refractivity contribution in [2.75, 3.05) is 26.3 Å². The zero-order chi connectivity index (χ0) is 24.9. The molecule has 1 aromatic carbocycles. The van der Waals surface area contributed by atoms with E-state index in [4.69, 9.17) is 27.1 Å². The van der Waals surface area contributed by atoms with Gasteiger partial charge in [0.1, 0.15) is 0 Å². The lowest BCUT2D eigenvalue weighted by molar-refractivity contribution is -0.205. The lowest BCUT2D eigenvalue weighted by atomic mass is 9.36. The van der Waals surface area contributed by atoms with E-state index in [1.54, 1.807) is 0 Å². The molecule has 1 spiro atoms. The molecule has 6 aliphatic rings. The number of aliphatic imine (C=N–C) groups is 1. The molecule has 3 N–H and O–H groups in total. The molecule has 0 radical (unpaired) electrons. The number of hydrogen-bond donors (Lipinski definition) is 2. The van der Waals surface area contributed by atoms with Gasteiger partial charge < -0.3 is 15.8 Å². The van der Waals surface area contributed by atoms with Crippen molar-refractivity contribution >= 4 is 46.0 Å². The van der Waals surface area contributed by atoms with Crippen LogP contribution < -0.4 is 11.1 Å². The Labute approximate surface area is 221 Å². The monoisotopic (exact) mass is 530 g/mol. The zero-order valence-corrected chi connectivity index (χ0v) is 22.1. The van der Waals surface area contributed by atoms with Crippen molar-refractivity contribution in [1.82, 2.24) is 10.2 Å². The minimum absolute atomic E-state index is 0.0228. The van der Waals surface area contributed by atoms with Crippen LogP contribution in [0.5, 0.6) is 0 Å². The molecule has 36 heavy (non-hydrogen) atoms. The number of benzene rings is 1. The molecule has 5 atom stereocenters. The summed E-state index contributed by atoms with van der Waals surface area (Å²) in [5.74, 6) is 2.99. The van der Waals surface area contributed by atoms with Crippen molar-refractivity contribution in [3.05, 3.63) is 29.3 Å². The molecule has 1 aromatic rings. The molecule has 7 rings (SSSR count). The third-order valence-corrected chi connectivity index (χ3v) is 10.6. The van der Waals surface area contributed by atoms with E-state index in [-0.39, 0.29) is 24.3 Å². The average molecular weight is 531 g/mol. The highest BCUT2D eigenvalue weighted by Crippen LogP contribution is 2.71. The number of carbonyl (C=O) groups is 2. The minimum Gasteiger partial charge on any atom is -0.378 e. The summed E-state index contributed by atoms with van der Waals surface area (Å²) in [6, 6.07) is 7.55. The Balaban J connectivity index is 1.22. The lowest BCUT2D eigenvalue weighted by Crippen LogP contribution is -2.70. The Morgan fingerprint density at radius 1 is 1.17 bits per heavy atom. The van der Waals surface area contributed by atoms with E-state index in [9.17, 15) is 9.59 Å². The molecule has 7 nitrogen and oxygen atoms in total. The molecule has 6 fully saturated rings. The van der Waals surface area contributed by atoms with E-state index in [0.29, 0.717) is 47.8 Å². The van der Waals surface area contributed by atoms with E-state index >= 15 is 0 Å². The first-order chi connectivity index (χ1) is 17.5. The number of halogens is 1. The van der Waals surface area contributed by atoms with E-state index in [1.165, 1.54) is 43.9 Å². The molecule has 1 saturated heterocycles. The van der Waals surface area contributed by atoms with Gasteiger partial charge in [0, 0.05) is 30.6 Å². The summed E-state index contributed by atoms with van der Waals surface area (Å²) in [6.07, 6.45) is 8.05. The molecule has 194 valence electrons. The Morgan fingerprint density at radius 2 is 1.92 bits per heavy atom. The molecule has 4 bridgehead atoms. The van der Waals surface area contributed by atoms with Crippen LogP contribution in [-0.2, 0) is 14.3 Å². The van der Waals surface area contributed by atoms with Gasteiger partial charge in [0.05, 0.1) is 24.2 Å². The van der Waals surface area contributed by atoms with Crippen molar-refractivity contribution in [2.24, 2.45) is 39.8 Å². The fourth-order valence-corrected chi connectivity index (χ4v) is 9.53. The largest absolute Gasteiger partial charge is 0.378 e. The summed E-state index contributed by atoms with van der Waals surface area (Å²) < 4.78 is 5.36. The van der Waals surface area contributed by atoms with Crippen LogP contribution in [0.25, 0.3) is 0 Å². The maximum atomic E-state index is 13.7. The fourth-order valence-electron chi connectivity index (χ4n) is 8.22. The first-order valence-electron chi connectivity index (χ1n) is 13.3. The van der Waals surface area contributed by atoms with Gasteiger partial charge in [0.2, 0.25) is 11.8 Å². The summed E-state index contributed by atoms with van der Waals surface area (Å²) in [5, 5.41) is 3.71. The Hall–Kier alpha value is -1.61. The maximum absolute atomic E-state index is 13.7. The summed E-state index contributed by atoms with van der Waals surface area (Å²) >= 11 is 7.51. The Bertz CT molecular complexity index is 1040. The first-order valence-corrected chi connectivity index (χ1v) is 14.6. The number of nitrogens with zero attached hydrogens (tertiary/aromatic N) is 2. The number of ether oxygens (including phenoxy) is 1. The third kappa shape index (κ3) is 4.48. The van der Waals surface area contributed by atoms with Crippen LogP contribution in [0.2, 0.25) is 5.02 Å². The van der Waals surface area contributed by atoms with Crippen molar-refractivity contribution in [1.29, 1.82) is 0 Å². The van der Waals surface area contributed by atoms with Gasteiger partial charge in [-0.05, 0) is 91.9 Å². The molecule has 1 aliphatic heterocycles. The number of nitrogens with two attached hydrogens (primary N) is 1. The van der Waals surface area contributed by atoms with Crippen molar-refractivity contribution in [3.8, 4) is 0 Å². The highest BCUT2D eigenvalue weighted by molar-refractivity contribution is 8.15. The number of rotatable bonds is 8. The van der Waals surface area contributed by atoms with Gasteiger partial charge in [0.25, 0.3) is 0 Å².